The molecule has 0 aromatic heterocycles. The molecule has 0 aliphatic carbocycles. The van der Waals surface area contributed by atoms with E-state index < -0.39 is 0 Å². The molecule has 1 aromatic rings. The first kappa shape index (κ1) is 12.8. The minimum Gasteiger partial charge on any atom is -0.311 e. The summed E-state index contributed by atoms with van der Waals surface area (Å²) in [7, 11) is 0. The molecule has 0 saturated carbocycles. The normalized spacial score (nSPS) is 24.2. The van der Waals surface area contributed by atoms with Gasteiger partial charge in [0.05, 0.1) is 5.02 Å². The van der Waals surface area contributed by atoms with Crippen LogP contribution in [0.25, 0.3) is 0 Å². The fraction of sp³-hybridized carbons (Fsp3) is 0.571. The van der Waals surface area contributed by atoms with E-state index in [4.69, 9.17) is 11.6 Å². The topological polar surface area (TPSA) is 12.0 Å². The van der Waals surface area contributed by atoms with Crippen molar-refractivity contribution in [3.63, 3.8) is 0 Å². The summed E-state index contributed by atoms with van der Waals surface area (Å²) in [6, 6.07) is 5.07. The van der Waals surface area contributed by atoms with Gasteiger partial charge in [-0.2, -0.15) is 0 Å². The van der Waals surface area contributed by atoms with Gasteiger partial charge >= 0.3 is 0 Å². The Labute approximate surface area is 107 Å². The van der Waals surface area contributed by atoms with E-state index in [1.807, 2.05) is 6.07 Å². The Bertz CT molecular complexity index is 386. The Morgan fingerprint density at radius 2 is 2.29 bits per heavy atom. The highest BCUT2D eigenvalue weighted by atomic mass is 35.5. The van der Waals surface area contributed by atoms with E-state index in [9.17, 15) is 4.39 Å². The molecular formula is C14H19ClFN. The van der Waals surface area contributed by atoms with Crippen LogP contribution < -0.4 is 5.32 Å². The molecule has 0 spiro atoms. The van der Waals surface area contributed by atoms with Gasteiger partial charge in [0.2, 0.25) is 0 Å². The molecule has 0 amide bonds. The van der Waals surface area contributed by atoms with Crippen molar-refractivity contribution >= 4 is 11.6 Å². The van der Waals surface area contributed by atoms with E-state index in [0.717, 1.165) is 18.5 Å². The smallest absolute Gasteiger partial charge is 0.141 e. The van der Waals surface area contributed by atoms with Crippen LogP contribution in [0, 0.1) is 5.82 Å². The van der Waals surface area contributed by atoms with Crippen LogP contribution in [-0.2, 0) is 6.42 Å². The molecule has 1 N–H and O–H groups in total. The lowest BCUT2D eigenvalue weighted by Crippen LogP contribution is -2.41. The van der Waals surface area contributed by atoms with Gasteiger partial charge in [0.1, 0.15) is 5.82 Å². The Morgan fingerprint density at radius 1 is 1.47 bits per heavy atom. The summed E-state index contributed by atoms with van der Waals surface area (Å²) in [5.74, 6) is -0.334. The lowest BCUT2D eigenvalue weighted by molar-refractivity contribution is 0.342. The Hall–Kier alpha value is -0.600. The van der Waals surface area contributed by atoms with E-state index in [0.29, 0.717) is 0 Å². The fourth-order valence-electron chi connectivity index (χ4n) is 2.84. The van der Waals surface area contributed by atoms with Crippen LogP contribution in [0.5, 0.6) is 0 Å². The van der Waals surface area contributed by atoms with Gasteiger partial charge in [0.25, 0.3) is 0 Å². The third kappa shape index (κ3) is 2.99. The molecule has 0 radical (unpaired) electrons. The predicted octanol–water partition coefficient (Wildman–Crippen LogP) is 3.94. The van der Waals surface area contributed by atoms with Crippen molar-refractivity contribution in [1.82, 2.24) is 5.32 Å². The van der Waals surface area contributed by atoms with Crippen LogP contribution >= 0.6 is 11.6 Å². The van der Waals surface area contributed by atoms with Crippen molar-refractivity contribution in [2.75, 3.05) is 6.54 Å². The molecule has 1 aromatic carbocycles. The van der Waals surface area contributed by atoms with Crippen molar-refractivity contribution in [1.29, 1.82) is 0 Å². The van der Waals surface area contributed by atoms with E-state index in [1.165, 1.54) is 31.7 Å². The minimum absolute atomic E-state index is 0.204. The lowest BCUT2D eigenvalue weighted by Gasteiger charge is -2.29. The first-order chi connectivity index (χ1) is 8.15. The molecule has 1 unspecified atom stereocenters. The van der Waals surface area contributed by atoms with Crippen LogP contribution in [0.3, 0.4) is 0 Å². The highest BCUT2D eigenvalue weighted by Gasteiger charge is 2.32. The molecule has 3 heteroatoms. The van der Waals surface area contributed by atoms with Crippen LogP contribution in [0.4, 0.5) is 4.39 Å². The van der Waals surface area contributed by atoms with Gasteiger partial charge in [0, 0.05) is 5.54 Å². The quantitative estimate of drug-likeness (QED) is 0.859. The SMILES string of the molecule is CCCC1(Cc2ccc(F)c(Cl)c2)CCCN1. The highest BCUT2D eigenvalue weighted by molar-refractivity contribution is 6.30. The van der Waals surface area contributed by atoms with Crippen LogP contribution in [0.1, 0.15) is 38.2 Å². The maximum atomic E-state index is 13.1. The van der Waals surface area contributed by atoms with Gasteiger partial charge in [-0.1, -0.05) is 31.0 Å². The van der Waals surface area contributed by atoms with E-state index in [-0.39, 0.29) is 16.4 Å². The van der Waals surface area contributed by atoms with Crippen molar-refractivity contribution < 1.29 is 4.39 Å². The molecule has 1 fully saturated rings. The van der Waals surface area contributed by atoms with Crippen molar-refractivity contribution in [3.05, 3.63) is 34.6 Å². The second kappa shape index (κ2) is 5.36. The first-order valence-corrected chi connectivity index (χ1v) is 6.72. The molecule has 94 valence electrons. The van der Waals surface area contributed by atoms with Gasteiger partial charge in [-0.15, -0.1) is 0 Å². The van der Waals surface area contributed by atoms with Crippen LogP contribution in [0.15, 0.2) is 18.2 Å². The first-order valence-electron chi connectivity index (χ1n) is 6.34. The van der Waals surface area contributed by atoms with Crippen molar-refractivity contribution in [2.24, 2.45) is 0 Å². The largest absolute Gasteiger partial charge is 0.311 e. The van der Waals surface area contributed by atoms with E-state index in [2.05, 4.69) is 12.2 Å². The summed E-state index contributed by atoms with van der Waals surface area (Å²) in [6.07, 6.45) is 5.72. The molecule has 2 rings (SSSR count). The fourth-order valence-corrected chi connectivity index (χ4v) is 3.04. The second-order valence-electron chi connectivity index (χ2n) is 4.99. The standard InChI is InChI=1S/C14H19ClFN/c1-2-6-14(7-3-8-17-14)10-11-4-5-13(16)12(15)9-11/h4-5,9,17H,2-3,6-8,10H2,1H3. The Kier molecular flexibility index (Phi) is 4.05. The average molecular weight is 256 g/mol. The van der Waals surface area contributed by atoms with Crippen LogP contribution in [-0.4, -0.2) is 12.1 Å². The average Bonchev–Trinajstić information content (AvgIpc) is 2.73. The summed E-state index contributed by atoms with van der Waals surface area (Å²) < 4.78 is 13.1. The summed E-state index contributed by atoms with van der Waals surface area (Å²) >= 11 is 5.83. The third-order valence-corrected chi connectivity index (χ3v) is 3.88. The van der Waals surface area contributed by atoms with E-state index in [1.54, 1.807) is 6.07 Å². The molecule has 1 aliphatic rings. The molecular weight excluding hydrogens is 237 g/mol. The number of rotatable bonds is 4. The monoisotopic (exact) mass is 255 g/mol. The zero-order valence-electron chi connectivity index (χ0n) is 10.2. The maximum absolute atomic E-state index is 13.1. The number of hydrogen-bond acceptors (Lipinski definition) is 1. The van der Waals surface area contributed by atoms with Gasteiger partial charge in [-0.25, -0.2) is 4.39 Å². The molecule has 1 saturated heterocycles. The van der Waals surface area contributed by atoms with Crippen molar-refractivity contribution in [2.45, 2.75) is 44.6 Å². The molecule has 17 heavy (non-hydrogen) atoms. The zero-order valence-corrected chi connectivity index (χ0v) is 11.0. The number of nitrogens with one attached hydrogen (secondary N) is 1. The Morgan fingerprint density at radius 3 is 2.88 bits per heavy atom. The zero-order chi connectivity index (χ0) is 12.3. The number of halogens is 2. The molecule has 1 nitrogen and oxygen atoms in total. The van der Waals surface area contributed by atoms with Crippen molar-refractivity contribution in [3.8, 4) is 0 Å². The molecule has 0 bridgehead atoms. The summed E-state index contributed by atoms with van der Waals surface area (Å²) in [5.41, 5.74) is 1.33. The minimum atomic E-state index is -0.334. The number of benzene rings is 1. The summed E-state index contributed by atoms with van der Waals surface area (Å²) in [6.45, 7) is 3.30. The molecule has 1 aliphatic heterocycles. The maximum Gasteiger partial charge on any atom is 0.141 e. The van der Waals surface area contributed by atoms with Gasteiger partial charge in [-0.05, 0) is 49.9 Å². The molecule has 1 heterocycles. The Balaban J connectivity index is 2.14. The predicted molar refractivity (Wildman–Crippen MR) is 70.0 cm³/mol. The van der Waals surface area contributed by atoms with E-state index >= 15 is 0 Å². The lowest BCUT2D eigenvalue weighted by atomic mass is 9.85. The van der Waals surface area contributed by atoms with Crippen LogP contribution in [0.2, 0.25) is 5.02 Å². The third-order valence-electron chi connectivity index (χ3n) is 3.59. The summed E-state index contributed by atoms with van der Waals surface area (Å²) in [4.78, 5) is 0. The van der Waals surface area contributed by atoms with Gasteiger partial charge in [-0.3, -0.25) is 0 Å². The summed E-state index contributed by atoms with van der Waals surface area (Å²) in [5, 5.41) is 3.85. The van der Waals surface area contributed by atoms with Gasteiger partial charge < -0.3 is 5.32 Å². The highest BCUT2D eigenvalue weighted by Crippen LogP contribution is 2.29. The molecule has 1 atom stereocenters. The second-order valence-corrected chi connectivity index (χ2v) is 5.39. The van der Waals surface area contributed by atoms with Gasteiger partial charge in [0.15, 0.2) is 0 Å². The number of hydrogen-bond donors (Lipinski definition) is 1.